The first kappa shape index (κ1) is 16.6. The number of hydrogen-bond acceptors (Lipinski definition) is 2. The highest BCUT2D eigenvalue weighted by Gasteiger charge is 2.57. The average Bonchev–Trinajstić information content (AvgIpc) is 2.14. The fourth-order valence-electron chi connectivity index (χ4n) is 1.36. The average molecular weight is 264 g/mol. The van der Waals surface area contributed by atoms with Gasteiger partial charge in [-0.2, -0.15) is 22.0 Å². The highest BCUT2D eigenvalue weighted by Crippen LogP contribution is 2.39. The first-order valence-corrected chi connectivity index (χ1v) is 5.44. The molecule has 0 rings (SSSR count). The molecule has 0 saturated heterocycles. The van der Waals surface area contributed by atoms with E-state index in [1.54, 1.807) is 0 Å². The first-order chi connectivity index (χ1) is 7.70. The Morgan fingerprint density at radius 2 is 1.41 bits per heavy atom. The molecule has 2 nitrogen and oxygen atoms in total. The van der Waals surface area contributed by atoms with E-state index in [0.717, 1.165) is 0 Å². The van der Waals surface area contributed by atoms with E-state index in [1.165, 1.54) is 0 Å². The van der Waals surface area contributed by atoms with Gasteiger partial charge >= 0.3 is 12.1 Å². The second kappa shape index (κ2) is 7.10. The van der Waals surface area contributed by atoms with Crippen molar-refractivity contribution in [3.05, 3.63) is 0 Å². The molecule has 1 unspecified atom stereocenters. The van der Waals surface area contributed by atoms with E-state index >= 15 is 0 Å². The van der Waals surface area contributed by atoms with Gasteiger partial charge in [0.1, 0.15) is 0 Å². The van der Waals surface area contributed by atoms with Crippen LogP contribution >= 0.6 is 0 Å². The summed E-state index contributed by atoms with van der Waals surface area (Å²) in [5.41, 5.74) is 0. The topological polar surface area (TPSA) is 40.5 Å². The summed E-state index contributed by atoms with van der Waals surface area (Å²) in [7, 11) is 0. The zero-order chi connectivity index (χ0) is 13.5. The Morgan fingerprint density at radius 3 is 1.88 bits per heavy atom. The minimum absolute atomic E-state index is 0.0225. The molecular weight excluding hydrogens is 247 g/mol. The summed E-state index contributed by atoms with van der Waals surface area (Å²) in [5, 5.41) is 17.5. The molecule has 0 bridgehead atoms. The lowest BCUT2D eigenvalue weighted by Crippen LogP contribution is -2.39. The Morgan fingerprint density at radius 1 is 0.882 bits per heavy atom. The van der Waals surface area contributed by atoms with Crippen LogP contribution in [-0.2, 0) is 0 Å². The van der Waals surface area contributed by atoms with Crippen molar-refractivity contribution in [2.75, 3.05) is 6.61 Å². The summed E-state index contributed by atoms with van der Waals surface area (Å²) in [6, 6.07) is 0. The third-order valence-corrected chi connectivity index (χ3v) is 2.35. The van der Waals surface area contributed by atoms with Crippen LogP contribution in [0.25, 0.3) is 0 Å². The van der Waals surface area contributed by atoms with Crippen molar-refractivity contribution in [1.29, 1.82) is 0 Å². The van der Waals surface area contributed by atoms with Crippen molar-refractivity contribution in [2.45, 2.75) is 56.7 Å². The lowest BCUT2D eigenvalue weighted by Gasteiger charge is -2.22. The van der Waals surface area contributed by atoms with Gasteiger partial charge in [-0.05, 0) is 12.8 Å². The van der Waals surface area contributed by atoms with Gasteiger partial charge in [0.25, 0.3) is 0 Å². The second-order valence-electron chi connectivity index (χ2n) is 3.99. The van der Waals surface area contributed by atoms with Gasteiger partial charge < -0.3 is 10.2 Å². The normalized spacial score (nSPS) is 15.0. The van der Waals surface area contributed by atoms with E-state index in [0.29, 0.717) is 25.7 Å². The Labute approximate surface area is 96.4 Å². The highest BCUT2D eigenvalue weighted by atomic mass is 19.4. The molecule has 0 aromatic heterocycles. The fraction of sp³-hybridized carbons (Fsp3) is 1.00. The number of rotatable bonds is 8. The number of unbranched alkanes of at least 4 members (excludes halogenated alkanes) is 3. The van der Waals surface area contributed by atoms with E-state index in [9.17, 15) is 22.0 Å². The molecule has 0 amide bonds. The molecule has 104 valence electrons. The zero-order valence-electron chi connectivity index (χ0n) is 9.31. The van der Waals surface area contributed by atoms with E-state index < -0.39 is 24.6 Å². The highest BCUT2D eigenvalue weighted by molar-refractivity contribution is 4.79. The molecule has 0 aromatic carbocycles. The quantitative estimate of drug-likeness (QED) is 0.523. The van der Waals surface area contributed by atoms with Crippen molar-refractivity contribution in [3.8, 4) is 0 Å². The first-order valence-electron chi connectivity index (χ1n) is 5.44. The molecule has 0 aliphatic rings. The van der Waals surface area contributed by atoms with Crippen LogP contribution in [0.1, 0.15) is 38.5 Å². The van der Waals surface area contributed by atoms with E-state index in [1.807, 2.05) is 0 Å². The zero-order valence-corrected chi connectivity index (χ0v) is 9.31. The lowest BCUT2D eigenvalue weighted by molar-refractivity contribution is -0.290. The molecule has 7 heteroatoms. The number of aliphatic hydroxyl groups is 2. The Bertz CT molecular complexity index is 205. The van der Waals surface area contributed by atoms with Crippen molar-refractivity contribution >= 4 is 0 Å². The van der Waals surface area contributed by atoms with Crippen molar-refractivity contribution in [3.63, 3.8) is 0 Å². The third kappa shape index (κ3) is 6.78. The monoisotopic (exact) mass is 264 g/mol. The van der Waals surface area contributed by atoms with Gasteiger partial charge in [-0.25, -0.2) is 0 Å². The molecule has 0 radical (unpaired) electrons. The maximum absolute atomic E-state index is 12.5. The predicted octanol–water partition coefficient (Wildman–Crippen LogP) is 2.88. The predicted molar refractivity (Wildman–Crippen MR) is 51.8 cm³/mol. The maximum atomic E-state index is 12.5. The smallest absolute Gasteiger partial charge is 0.396 e. The molecule has 0 aliphatic carbocycles. The minimum Gasteiger partial charge on any atom is -0.396 e. The summed E-state index contributed by atoms with van der Waals surface area (Å²) in [6.07, 6.45) is -6.74. The molecule has 0 aromatic rings. The largest absolute Gasteiger partial charge is 0.453 e. The number of halogens is 5. The molecular formula is C10H17F5O2. The van der Waals surface area contributed by atoms with E-state index in [4.69, 9.17) is 10.2 Å². The molecule has 2 N–H and O–H groups in total. The molecule has 0 spiro atoms. The van der Waals surface area contributed by atoms with Crippen LogP contribution in [0.4, 0.5) is 22.0 Å². The third-order valence-electron chi connectivity index (χ3n) is 2.35. The molecule has 0 saturated carbocycles. The van der Waals surface area contributed by atoms with Crippen molar-refractivity contribution in [1.82, 2.24) is 0 Å². The minimum atomic E-state index is -5.61. The van der Waals surface area contributed by atoms with Crippen LogP contribution in [0.5, 0.6) is 0 Å². The lowest BCUT2D eigenvalue weighted by atomic mass is 10.0. The summed E-state index contributed by atoms with van der Waals surface area (Å²) < 4.78 is 60.4. The summed E-state index contributed by atoms with van der Waals surface area (Å²) in [6.45, 7) is 0.0225. The Hall–Kier alpha value is -0.430. The van der Waals surface area contributed by atoms with Crippen LogP contribution in [0.15, 0.2) is 0 Å². The van der Waals surface area contributed by atoms with Gasteiger partial charge in [-0.15, -0.1) is 0 Å². The van der Waals surface area contributed by atoms with Crippen LogP contribution in [0, 0.1) is 0 Å². The molecule has 0 fully saturated rings. The van der Waals surface area contributed by atoms with Gasteiger partial charge in [-0.1, -0.05) is 19.3 Å². The van der Waals surface area contributed by atoms with Crippen LogP contribution in [0.3, 0.4) is 0 Å². The summed E-state index contributed by atoms with van der Waals surface area (Å²) in [4.78, 5) is 0. The maximum Gasteiger partial charge on any atom is 0.453 e. The second-order valence-corrected chi connectivity index (χ2v) is 3.99. The van der Waals surface area contributed by atoms with Crippen LogP contribution in [0.2, 0.25) is 0 Å². The van der Waals surface area contributed by atoms with Gasteiger partial charge in [0.15, 0.2) is 0 Å². The Balaban J connectivity index is 3.82. The number of alkyl halides is 5. The van der Waals surface area contributed by atoms with Gasteiger partial charge in [0, 0.05) is 13.0 Å². The fourth-order valence-corrected chi connectivity index (χ4v) is 1.36. The molecule has 0 aliphatic heterocycles. The SMILES string of the molecule is OCCCCCCC(O)CC(F)(F)C(F)(F)F. The van der Waals surface area contributed by atoms with E-state index in [2.05, 4.69) is 0 Å². The standard InChI is InChI=1S/C10H17F5O2/c11-9(12,10(13,14)15)7-8(17)5-3-1-2-4-6-16/h8,16-17H,1-7H2. The van der Waals surface area contributed by atoms with Crippen molar-refractivity contribution in [2.24, 2.45) is 0 Å². The van der Waals surface area contributed by atoms with Gasteiger partial charge in [0.05, 0.1) is 6.10 Å². The molecule has 1 atom stereocenters. The van der Waals surface area contributed by atoms with Crippen LogP contribution in [-0.4, -0.2) is 35.0 Å². The number of hydrogen-bond donors (Lipinski definition) is 2. The molecule has 17 heavy (non-hydrogen) atoms. The van der Waals surface area contributed by atoms with Crippen molar-refractivity contribution < 1.29 is 32.2 Å². The van der Waals surface area contributed by atoms with Gasteiger partial charge in [0.2, 0.25) is 0 Å². The van der Waals surface area contributed by atoms with Gasteiger partial charge in [-0.3, -0.25) is 0 Å². The van der Waals surface area contributed by atoms with E-state index in [-0.39, 0.29) is 13.0 Å². The Kier molecular flexibility index (Phi) is 6.92. The van der Waals surface area contributed by atoms with Crippen LogP contribution < -0.4 is 0 Å². The summed E-state index contributed by atoms with van der Waals surface area (Å²) in [5.74, 6) is -4.84. The number of aliphatic hydroxyl groups excluding tert-OH is 2. The summed E-state index contributed by atoms with van der Waals surface area (Å²) >= 11 is 0. The molecule has 0 heterocycles.